The summed E-state index contributed by atoms with van der Waals surface area (Å²) in [6, 6.07) is 20.8. The van der Waals surface area contributed by atoms with E-state index in [1.165, 1.54) is 40.8 Å². The highest BCUT2D eigenvalue weighted by atomic mass is 35.5. The van der Waals surface area contributed by atoms with Crippen LogP contribution in [0.2, 0.25) is 10.0 Å². The van der Waals surface area contributed by atoms with Gasteiger partial charge in [0.25, 0.3) is 0 Å². The molecule has 8 heteroatoms. The summed E-state index contributed by atoms with van der Waals surface area (Å²) in [5.74, 6) is -1.39. The van der Waals surface area contributed by atoms with Gasteiger partial charge in [0.1, 0.15) is 0 Å². The van der Waals surface area contributed by atoms with Crippen LogP contribution in [0.1, 0.15) is 45.0 Å². The Hall–Kier alpha value is -3.48. The van der Waals surface area contributed by atoms with E-state index >= 15 is 0 Å². The van der Waals surface area contributed by atoms with Gasteiger partial charge in [-0.1, -0.05) is 53.5 Å². The van der Waals surface area contributed by atoms with Crippen LogP contribution in [0.5, 0.6) is 0 Å². The molecular formula is C30H23Cl2NO5. The SMILES string of the molecule is O=C(OCC(=O)c1ccc(Cl)cc1Cl)c1ccc(N2C(=O)[C@@H]3[C@@H]4C[C@@H]([C@@H]3C2=O)[C@@H](c2ccccc2)C4)cc1. The molecule has 0 spiro atoms. The Morgan fingerprint density at radius 3 is 2.29 bits per heavy atom. The second-order valence-electron chi connectivity index (χ2n) is 10.1. The Bertz CT molecular complexity index is 1460. The second kappa shape index (κ2) is 9.68. The van der Waals surface area contributed by atoms with Crippen molar-refractivity contribution in [2.24, 2.45) is 23.7 Å². The number of anilines is 1. The second-order valence-corrected chi connectivity index (χ2v) is 11.0. The van der Waals surface area contributed by atoms with Crippen molar-refractivity contribution in [3.8, 4) is 0 Å². The Morgan fingerprint density at radius 1 is 0.868 bits per heavy atom. The summed E-state index contributed by atoms with van der Waals surface area (Å²) in [6.07, 6.45) is 1.83. The van der Waals surface area contributed by atoms with Crippen LogP contribution in [-0.2, 0) is 14.3 Å². The van der Waals surface area contributed by atoms with Gasteiger partial charge in [-0.05, 0) is 78.6 Å². The zero-order valence-corrected chi connectivity index (χ0v) is 21.7. The van der Waals surface area contributed by atoms with Crippen LogP contribution in [-0.4, -0.2) is 30.2 Å². The van der Waals surface area contributed by atoms with E-state index in [1.807, 2.05) is 18.2 Å². The summed E-state index contributed by atoms with van der Waals surface area (Å²) in [5, 5.41) is 0.571. The molecule has 3 aromatic carbocycles. The number of hydrogen-bond donors (Lipinski definition) is 0. The van der Waals surface area contributed by atoms with Crippen molar-refractivity contribution >= 4 is 52.5 Å². The third-order valence-corrected chi connectivity index (χ3v) is 8.72. The maximum absolute atomic E-state index is 13.5. The molecule has 0 unspecified atom stereocenters. The third kappa shape index (κ3) is 4.12. The minimum absolute atomic E-state index is 0.153. The minimum Gasteiger partial charge on any atom is -0.454 e. The van der Waals surface area contributed by atoms with E-state index in [-0.39, 0.29) is 51.6 Å². The zero-order valence-electron chi connectivity index (χ0n) is 20.2. The normalized spacial score (nSPS) is 25.5. The fourth-order valence-electron chi connectivity index (χ4n) is 6.55. The summed E-state index contributed by atoms with van der Waals surface area (Å²) >= 11 is 11.9. The minimum atomic E-state index is -0.699. The first-order chi connectivity index (χ1) is 18.3. The summed E-state index contributed by atoms with van der Waals surface area (Å²) in [5.41, 5.74) is 2.08. The molecule has 6 rings (SSSR count). The van der Waals surface area contributed by atoms with Gasteiger partial charge in [-0.2, -0.15) is 0 Å². The van der Waals surface area contributed by atoms with Crippen molar-refractivity contribution in [2.45, 2.75) is 18.8 Å². The van der Waals surface area contributed by atoms with Crippen LogP contribution >= 0.6 is 23.2 Å². The largest absolute Gasteiger partial charge is 0.454 e. The van der Waals surface area contributed by atoms with E-state index in [0.29, 0.717) is 16.6 Å². The van der Waals surface area contributed by atoms with Crippen molar-refractivity contribution in [1.82, 2.24) is 0 Å². The van der Waals surface area contributed by atoms with Gasteiger partial charge in [0.2, 0.25) is 17.6 Å². The van der Waals surface area contributed by atoms with Crippen LogP contribution < -0.4 is 4.90 Å². The number of carbonyl (C=O) groups excluding carboxylic acids is 4. The van der Waals surface area contributed by atoms with Gasteiger partial charge in [0.15, 0.2) is 6.61 Å². The number of imide groups is 1. The highest BCUT2D eigenvalue weighted by Gasteiger charge is 2.64. The smallest absolute Gasteiger partial charge is 0.338 e. The first-order valence-electron chi connectivity index (χ1n) is 12.5. The average Bonchev–Trinajstić information content (AvgIpc) is 3.59. The molecule has 3 aliphatic rings. The van der Waals surface area contributed by atoms with E-state index in [9.17, 15) is 19.2 Å². The number of carbonyl (C=O) groups is 4. The molecule has 2 saturated carbocycles. The fraction of sp³-hybridized carbons (Fsp3) is 0.267. The molecule has 1 saturated heterocycles. The van der Waals surface area contributed by atoms with E-state index in [4.69, 9.17) is 27.9 Å². The predicted molar refractivity (Wildman–Crippen MR) is 142 cm³/mol. The number of ketones is 1. The Morgan fingerprint density at radius 2 is 1.58 bits per heavy atom. The molecule has 1 heterocycles. The molecule has 3 fully saturated rings. The van der Waals surface area contributed by atoms with Gasteiger partial charge in [0, 0.05) is 10.6 Å². The molecule has 2 amide bonds. The van der Waals surface area contributed by atoms with Gasteiger partial charge in [-0.3, -0.25) is 19.3 Å². The Labute approximate surface area is 229 Å². The highest BCUT2D eigenvalue weighted by Crippen LogP contribution is 2.61. The molecule has 192 valence electrons. The molecule has 3 aromatic rings. The van der Waals surface area contributed by atoms with Gasteiger partial charge < -0.3 is 4.74 Å². The number of rotatable bonds is 6. The van der Waals surface area contributed by atoms with Crippen molar-refractivity contribution in [3.63, 3.8) is 0 Å². The molecule has 2 aliphatic carbocycles. The first kappa shape index (κ1) is 24.8. The van der Waals surface area contributed by atoms with Gasteiger partial charge in [-0.25, -0.2) is 4.79 Å². The van der Waals surface area contributed by atoms with Crippen LogP contribution in [0.3, 0.4) is 0 Å². The number of ether oxygens (including phenoxy) is 1. The molecule has 38 heavy (non-hydrogen) atoms. The number of nitrogens with zero attached hydrogens (tertiary/aromatic N) is 1. The number of hydrogen-bond acceptors (Lipinski definition) is 5. The van der Waals surface area contributed by atoms with Crippen LogP contribution in [0, 0.1) is 23.7 Å². The lowest BCUT2D eigenvalue weighted by atomic mass is 9.73. The lowest BCUT2D eigenvalue weighted by Crippen LogP contribution is -2.33. The predicted octanol–water partition coefficient (Wildman–Crippen LogP) is 5.96. The maximum atomic E-state index is 13.5. The van der Waals surface area contributed by atoms with Crippen LogP contribution in [0.15, 0.2) is 72.8 Å². The maximum Gasteiger partial charge on any atom is 0.338 e. The number of amides is 2. The third-order valence-electron chi connectivity index (χ3n) is 8.17. The lowest BCUT2D eigenvalue weighted by molar-refractivity contribution is -0.123. The number of halogens is 2. The summed E-state index contributed by atoms with van der Waals surface area (Å²) in [6.45, 7) is -0.486. The zero-order chi connectivity index (χ0) is 26.6. The Balaban J connectivity index is 1.13. The monoisotopic (exact) mass is 547 g/mol. The van der Waals surface area contributed by atoms with Crippen LogP contribution in [0.4, 0.5) is 5.69 Å². The highest BCUT2D eigenvalue weighted by molar-refractivity contribution is 6.36. The van der Waals surface area contributed by atoms with Crippen molar-refractivity contribution in [3.05, 3.63) is 99.5 Å². The van der Waals surface area contributed by atoms with Crippen molar-refractivity contribution in [2.75, 3.05) is 11.5 Å². The first-order valence-corrected chi connectivity index (χ1v) is 13.3. The molecule has 1 aliphatic heterocycles. The molecular weight excluding hydrogens is 525 g/mol. The topological polar surface area (TPSA) is 80.8 Å². The number of Topliss-reactive ketones (excluding diaryl/α,β-unsaturated/α-hetero) is 1. The number of fused-ring (bicyclic) bond motifs is 5. The van der Waals surface area contributed by atoms with Gasteiger partial charge in [-0.15, -0.1) is 0 Å². The Kier molecular flexibility index (Phi) is 6.33. The molecule has 0 radical (unpaired) electrons. The van der Waals surface area contributed by atoms with Gasteiger partial charge in [0.05, 0.1) is 28.1 Å². The summed E-state index contributed by atoms with van der Waals surface area (Å²) in [7, 11) is 0. The standard InChI is InChI=1S/C30H23Cl2NO5/c31-19-8-11-21(24(32)14-19)25(34)15-38-30(37)17-6-9-20(10-7-17)33-28(35)26-18-12-22(16-4-2-1-3-5-16)23(13-18)27(26)29(33)36/h1-11,14,18,22-23,26-27H,12-13,15H2/t18-,22+,23+,26+,27-/m0/s1. The van der Waals surface area contributed by atoms with E-state index in [1.54, 1.807) is 12.1 Å². The molecule has 0 N–H and O–H groups in total. The summed E-state index contributed by atoms with van der Waals surface area (Å²) in [4.78, 5) is 53.1. The molecule has 2 bridgehead atoms. The lowest BCUT2D eigenvalue weighted by Gasteiger charge is -2.28. The summed E-state index contributed by atoms with van der Waals surface area (Å²) < 4.78 is 5.16. The number of esters is 1. The van der Waals surface area contributed by atoms with E-state index in [2.05, 4.69) is 12.1 Å². The average molecular weight is 548 g/mol. The molecule has 6 nitrogen and oxygen atoms in total. The van der Waals surface area contributed by atoms with Gasteiger partial charge >= 0.3 is 5.97 Å². The van der Waals surface area contributed by atoms with Crippen LogP contribution in [0.25, 0.3) is 0 Å². The fourth-order valence-corrected chi connectivity index (χ4v) is 7.07. The molecule has 5 atom stereocenters. The van der Waals surface area contributed by atoms with E-state index in [0.717, 1.165) is 12.8 Å². The van der Waals surface area contributed by atoms with Crippen molar-refractivity contribution < 1.29 is 23.9 Å². The molecule has 0 aromatic heterocycles. The number of benzene rings is 3. The van der Waals surface area contributed by atoms with E-state index < -0.39 is 18.4 Å². The quantitative estimate of drug-likeness (QED) is 0.216. The van der Waals surface area contributed by atoms with Crippen molar-refractivity contribution in [1.29, 1.82) is 0 Å².